The van der Waals surface area contributed by atoms with Crippen molar-refractivity contribution in [3.05, 3.63) is 63.9 Å². The monoisotopic (exact) mass is 321 g/mol. The van der Waals surface area contributed by atoms with Crippen molar-refractivity contribution in [1.29, 1.82) is 0 Å². The predicted molar refractivity (Wildman–Crippen MR) is 95.0 cm³/mol. The number of rotatable bonds is 7. The Labute approximate surface area is 141 Å². The summed E-state index contributed by atoms with van der Waals surface area (Å²) >= 11 is 0. The molecular formula is C17H16BN3O3. The quantitative estimate of drug-likeness (QED) is 0.580. The lowest BCUT2D eigenvalue weighted by atomic mass is 9.92. The maximum atomic E-state index is 12.7. The molecule has 6 nitrogen and oxygen atoms in total. The third kappa shape index (κ3) is 4.35. The Morgan fingerprint density at radius 2 is 1.71 bits per heavy atom. The highest BCUT2D eigenvalue weighted by atomic mass is 16.3. The molecule has 1 atom stereocenters. The first kappa shape index (κ1) is 17.5. The third-order valence-corrected chi connectivity index (χ3v) is 3.78. The number of carbonyl (C=O) groups excluding carboxylic acids is 1. The van der Waals surface area contributed by atoms with E-state index in [1.54, 1.807) is 31.3 Å². The molecule has 2 radical (unpaired) electrons. The number of amides is 1. The average Bonchev–Trinajstić information content (AvgIpc) is 2.62. The summed E-state index contributed by atoms with van der Waals surface area (Å²) < 4.78 is 0. The Hall–Kier alpha value is -2.83. The second-order valence-electron chi connectivity index (χ2n) is 5.46. The molecule has 0 N–H and O–H groups in total. The van der Waals surface area contributed by atoms with E-state index in [9.17, 15) is 14.6 Å². The topological polar surface area (TPSA) is 79.2 Å². The van der Waals surface area contributed by atoms with Gasteiger partial charge in [0.1, 0.15) is 13.5 Å². The van der Waals surface area contributed by atoms with Crippen LogP contribution in [0.1, 0.15) is 5.56 Å². The minimum Gasteiger partial charge on any atom is -0.315 e. The molecule has 0 aromatic heterocycles. The molecule has 24 heavy (non-hydrogen) atoms. The molecule has 0 bridgehead atoms. The SMILES string of the molecule is [B]c1ccc(CC(CN=O)C(=O)N(C)c2ccc(N=O)cc2)cc1. The van der Waals surface area contributed by atoms with Gasteiger partial charge in [0.15, 0.2) is 0 Å². The predicted octanol–water partition coefficient (Wildman–Crippen LogP) is 2.47. The molecule has 2 aromatic carbocycles. The van der Waals surface area contributed by atoms with Crippen LogP contribution in [-0.2, 0) is 11.2 Å². The third-order valence-electron chi connectivity index (χ3n) is 3.78. The Morgan fingerprint density at radius 1 is 1.08 bits per heavy atom. The fourth-order valence-corrected chi connectivity index (χ4v) is 2.40. The molecule has 0 saturated carbocycles. The highest BCUT2D eigenvalue weighted by Gasteiger charge is 2.24. The van der Waals surface area contributed by atoms with Gasteiger partial charge >= 0.3 is 0 Å². The van der Waals surface area contributed by atoms with Crippen LogP contribution < -0.4 is 10.4 Å². The summed E-state index contributed by atoms with van der Waals surface area (Å²) in [5.74, 6) is -0.793. The van der Waals surface area contributed by atoms with Crippen LogP contribution in [0.2, 0.25) is 0 Å². The number of hydrogen-bond acceptors (Lipinski definition) is 5. The fraction of sp³-hybridized carbons (Fsp3) is 0.235. The molecule has 2 rings (SSSR count). The van der Waals surface area contributed by atoms with Gasteiger partial charge in [0, 0.05) is 12.7 Å². The first-order chi connectivity index (χ1) is 11.5. The lowest BCUT2D eigenvalue weighted by Crippen LogP contribution is -2.35. The van der Waals surface area contributed by atoms with E-state index in [0.717, 1.165) is 5.56 Å². The standard InChI is InChI=1S/C17H16BN3O3/c1-21(16-8-6-15(20-24)7-9-16)17(22)13(11-19-23)10-12-2-4-14(18)5-3-12/h2-9,13H,10-11H2,1H3. The van der Waals surface area contributed by atoms with Crippen molar-refractivity contribution in [3.63, 3.8) is 0 Å². The van der Waals surface area contributed by atoms with E-state index in [1.165, 1.54) is 17.0 Å². The van der Waals surface area contributed by atoms with Gasteiger partial charge in [-0.2, -0.15) is 4.91 Å². The molecule has 0 fully saturated rings. The molecule has 0 heterocycles. The smallest absolute Gasteiger partial charge is 0.232 e. The number of benzene rings is 2. The number of nitrogens with zero attached hydrogens (tertiary/aromatic N) is 3. The van der Waals surface area contributed by atoms with Gasteiger partial charge < -0.3 is 4.90 Å². The minimum atomic E-state index is -0.569. The van der Waals surface area contributed by atoms with E-state index in [0.29, 0.717) is 17.6 Å². The zero-order valence-corrected chi connectivity index (χ0v) is 13.3. The summed E-state index contributed by atoms with van der Waals surface area (Å²) in [5.41, 5.74) is 2.43. The lowest BCUT2D eigenvalue weighted by Gasteiger charge is -2.22. The maximum absolute atomic E-state index is 12.7. The van der Waals surface area contributed by atoms with Gasteiger partial charge in [-0.05, 0) is 41.4 Å². The van der Waals surface area contributed by atoms with Crippen LogP contribution in [0.15, 0.2) is 58.9 Å². The van der Waals surface area contributed by atoms with Crippen molar-refractivity contribution in [1.82, 2.24) is 0 Å². The van der Waals surface area contributed by atoms with Crippen LogP contribution in [0.5, 0.6) is 0 Å². The van der Waals surface area contributed by atoms with Crippen molar-refractivity contribution in [2.45, 2.75) is 6.42 Å². The maximum Gasteiger partial charge on any atom is 0.232 e. The molecule has 120 valence electrons. The van der Waals surface area contributed by atoms with Crippen molar-refractivity contribution in [2.75, 3.05) is 18.5 Å². The van der Waals surface area contributed by atoms with Gasteiger partial charge in [0.25, 0.3) is 0 Å². The van der Waals surface area contributed by atoms with Crippen LogP contribution >= 0.6 is 0 Å². The van der Waals surface area contributed by atoms with Crippen LogP contribution in [-0.4, -0.2) is 27.3 Å². The summed E-state index contributed by atoms with van der Waals surface area (Å²) in [4.78, 5) is 35.3. The summed E-state index contributed by atoms with van der Waals surface area (Å²) in [7, 11) is 7.27. The first-order valence-electron chi connectivity index (χ1n) is 7.39. The van der Waals surface area contributed by atoms with Crippen molar-refractivity contribution >= 4 is 30.6 Å². The van der Waals surface area contributed by atoms with E-state index < -0.39 is 5.92 Å². The average molecular weight is 321 g/mol. The van der Waals surface area contributed by atoms with Gasteiger partial charge in [-0.15, -0.1) is 4.91 Å². The van der Waals surface area contributed by atoms with Crippen molar-refractivity contribution in [2.24, 2.45) is 16.3 Å². The van der Waals surface area contributed by atoms with E-state index in [-0.39, 0.29) is 18.1 Å². The van der Waals surface area contributed by atoms with E-state index in [2.05, 4.69) is 10.4 Å². The van der Waals surface area contributed by atoms with Crippen molar-refractivity contribution < 1.29 is 4.79 Å². The number of anilines is 1. The first-order valence-corrected chi connectivity index (χ1v) is 7.39. The molecule has 0 aliphatic rings. The highest BCUT2D eigenvalue weighted by Crippen LogP contribution is 2.21. The Kier molecular flexibility index (Phi) is 5.95. The molecule has 1 amide bonds. The molecule has 7 heteroatoms. The zero-order chi connectivity index (χ0) is 17.5. The summed E-state index contributed by atoms with van der Waals surface area (Å²) in [5, 5.41) is 5.72. The van der Waals surface area contributed by atoms with E-state index >= 15 is 0 Å². The summed E-state index contributed by atoms with van der Waals surface area (Å²) in [6, 6.07) is 13.5. The normalized spacial score (nSPS) is 11.5. The van der Waals surface area contributed by atoms with E-state index in [4.69, 9.17) is 7.85 Å². The Balaban J connectivity index is 2.15. The highest BCUT2D eigenvalue weighted by molar-refractivity contribution is 6.32. The minimum absolute atomic E-state index is 0.110. The Morgan fingerprint density at radius 3 is 2.25 bits per heavy atom. The molecule has 0 aliphatic carbocycles. The molecule has 0 spiro atoms. The second kappa shape index (κ2) is 8.15. The second-order valence-corrected chi connectivity index (χ2v) is 5.46. The van der Waals surface area contributed by atoms with Crippen LogP contribution in [0, 0.1) is 15.7 Å². The molecule has 0 aliphatic heterocycles. The van der Waals surface area contributed by atoms with Crippen LogP contribution in [0.3, 0.4) is 0 Å². The lowest BCUT2D eigenvalue weighted by molar-refractivity contribution is -0.121. The van der Waals surface area contributed by atoms with Gasteiger partial charge in [-0.1, -0.05) is 34.9 Å². The van der Waals surface area contributed by atoms with Gasteiger partial charge in [0.2, 0.25) is 5.91 Å². The van der Waals surface area contributed by atoms with Crippen molar-refractivity contribution in [3.8, 4) is 0 Å². The van der Waals surface area contributed by atoms with Crippen LogP contribution in [0.4, 0.5) is 11.4 Å². The van der Waals surface area contributed by atoms with Crippen LogP contribution in [0.25, 0.3) is 0 Å². The molecular weight excluding hydrogens is 305 g/mol. The molecule has 2 aromatic rings. The van der Waals surface area contributed by atoms with Gasteiger partial charge in [0.05, 0.1) is 12.5 Å². The Bertz CT molecular complexity index is 717. The number of carbonyl (C=O) groups is 1. The zero-order valence-electron chi connectivity index (χ0n) is 13.3. The van der Waals surface area contributed by atoms with E-state index in [1.807, 2.05) is 12.1 Å². The summed E-state index contributed by atoms with van der Waals surface area (Å²) in [6.07, 6.45) is 0.392. The van der Waals surface area contributed by atoms with Gasteiger partial charge in [-0.25, -0.2) is 0 Å². The summed E-state index contributed by atoms with van der Waals surface area (Å²) in [6.45, 7) is -0.110. The number of hydrogen-bond donors (Lipinski definition) is 0. The van der Waals surface area contributed by atoms with Gasteiger partial charge in [-0.3, -0.25) is 4.79 Å². The molecule has 1 unspecified atom stereocenters. The number of nitroso groups, excluding NO2 is 2. The fourth-order valence-electron chi connectivity index (χ4n) is 2.40. The molecule has 0 saturated heterocycles. The largest absolute Gasteiger partial charge is 0.315 e.